The number of hydrogen-bond donors (Lipinski definition) is 1. The molecule has 0 spiro atoms. The normalized spacial score (nSPS) is 10.2. The fourth-order valence-corrected chi connectivity index (χ4v) is 2.27. The third kappa shape index (κ3) is 4.35. The van der Waals surface area contributed by atoms with Crippen molar-refractivity contribution in [3.63, 3.8) is 0 Å². The molecule has 4 heteroatoms. The minimum absolute atomic E-state index is 0.715. The van der Waals surface area contributed by atoms with Crippen LogP contribution in [0.5, 0.6) is 0 Å². The fraction of sp³-hybridized carbons (Fsp3) is 0.133. The van der Waals surface area contributed by atoms with E-state index in [0.29, 0.717) is 4.32 Å². The van der Waals surface area contributed by atoms with Gasteiger partial charge in [-0.2, -0.15) is 0 Å². The van der Waals surface area contributed by atoms with Crippen molar-refractivity contribution in [1.29, 1.82) is 0 Å². The summed E-state index contributed by atoms with van der Waals surface area (Å²) in [5.41, 5.74) is 2.46. The second-order valence-electron chi connectivity index (χ2n) is 4.21. The second kappa shape index (κ2) is 7.28. The molecule has 2 rings (SSSR count). The van der Waals surface area contributed by atoms with Gasteiger partial charge in [-0.05, 0) is 23.1 Å². The van der Waals surface area contributed by atoms with Crippen LogP contribution in [0.4, 0.5) is 0 Å². The zero-order valence-corrected chi connectivity index (χ0v) is 12.2. The molecule has 2 N–H and O–H groups in total. The highest BCUT2D eigenvalue weighted by Crippen LogP contribution is 2.14. The highest BCUT2D eigenvalue weighted by atomic mass is 32.2. The third-order valence-electron chi connectivity index (χ3n) is 2.79. The van der Waals surface area contributed by atoms with Crippen LogP contribution in [0.2, 0.25) is 0 Å². The van der Waals surface area contributed by atoms with Gasteiger partial charge in [-0.15, -0.1) is 0 Å². The first-order valence-corrected chi connectivity index (χ1v) is 7.32. The average Bonchev–Trinajstić information content (AvgIpc) is 2.48. The van der Waals surface area contributed by atoms with Crippen molar-refractivity contribution in [2.45, 2.75) is 13.1 Å². The van der Waals surface area contributed by atoms with Crippen LogP contribution in [-0.2, 0) is 13.1 Å². The minimum atomic E-state index is 0.715. The maximum atomic E-state index is 5.61. The van der Waals surface area contributed by atoms with Crippen LogP contribution < -0.4 is 5.14 Å². The summed E-state index contributed by atoms with van der Waals surface area (Å²) in [4.78, 5) is 2.12. The van der Waals surface area contributed by atoms with Gasteiger partial charge in [-0.1, -0.05) is 72.9 Å². The first-order chi connectivity index (χ1) is 9.29. The fourth-order valence-electron chi connectivity index (χ4n) is 1.87. The van der Waals surface area contributed by atoms with E-state index in [-0.39, 0.29) is 0 Å². The maximum Gasteiger partial charge on any atom is 0.151 e. The van der Waals surface area contributed by atoms with Crippen LogP contribution in [-0.4, -0.2) is 9.22 Å². The molecule has 19 heavy (non-hydrogen) atoms. The van der Waals surface area contributed by atoms with E-state index >= 15 is 0 Å². The van der Waals surface area contributed by atoms with Crippen molar-refractivity contribution in [1.82, 2.24) is 4.90 Å². The summed E-state index contributed by atoms with van der Waals surface area (Å²) >= 11 is 6.47. The van der Waals surface area contributed by atoms with Gasteiger partial charge < -0.3 is 4.90 Å². The Morgan fingerprint density at radius 2 is 1.32 bits per heavy atom. The molecular weight excluding hydrogens is 272 g/mol. The van der Waals surface area contributed by atoms with E-state index in [2.05, 4.69) is 29.2 Å². The van der Waals surface area contributed by atoms with Crippen LogP contribution in [0.1, 0.15) is 11.1 Å². The van der Waals surface area contributed by atoms with E-state index in [0.717, 1.165) is 25.0 Å². The highest BCUT2D eigenvalue weighted by Gasteiger charge is 2.10. The molecule has 0 fully saturated rings. The van der Waals surface area contributed by atoms with Gasteiger partial charge in [-0.3, -0.25) is 5.14 Å². The Balaban J connectivity index is 2.10. The maximum absolute atomic E-state index is 5.61. The number of hydrogen-bond acceptors (Lipinski definition) is 3. The second-order valence-corrected chi connectivity index (χ2v) is 5.48. The van der Waals surface area contributed by atoms with E-state index in [1.165, 1.54) is 11.1 Å². The van der Waals surface area contributed by atoms with E-state index in [4.69, 9.17) is 17.4 Å². The van der Waals surface area contributed by atoms with Crippen LogP contribution in [0.25, 0.3) is 0 Å². The third-order valence-corrected chi connectivity index (χ3v) is 3.80. The smallest absolute Gasteiger partial charge is 0.151 e. The Kier molecular flexibility index (Phi) is 5.39. The zero-order valence-electron chi connectivity index (χ0n) is 10.5. The molecule has 0 amide bonds. The van der Waals surface area contributed by atoms with Gasteiger partial charge in [-0.25, -0.2) is 0 Å². The molecule has 0 heterocycles. The van der Waals surface area contributed by atoms with E-state index in [9.17, 15) is 0 Å². The molecule has 0 aliphatic carbocycles. The molecule has 0 aliphatic rings. The van der Waals surface area contributed by atoms with Crippen molar-refractivity contribution < 1.29 is 0 Å². The molecule has 0 aliphatic heterocycles. The van der Waals surface area contributed by atoms with Crippen molar-refractivity contribution in [2.24, 2.45) is 5.14 Å². The first kappa shape index (κ1) is 14.1. The largest absolute Gasteiger partial charge is 0.348 e. The van der Waals surface area contributed by atoms with Crippen molar-refractivity contribution in [3.8, 4) is 0 Å². The Bertz CT molecular complexity index is 473. The average molecular weight is 288 g/mol. The highest BCUT2D eigenvalue weighted by molar-refractivity contribution is 8.21. The van der Waals surface area contributed by atoms with Crippen molar-refractivity contribution in [3.05, 3.63) is 71.8 Å². The minimum Gasteiger partial charge on any atom is -0.348 e. The van der Waals surface area contributed by atoms with E-state index in [1.807, 2.05) is 36.4 Å². The lowest BCUT2D eigenvalue weighted by Crippen LogP contribution is -2.27. The molecular formula is C15H16N2S2. The molecule has 98 valence electrons. The number of nitrogens with zero attached hydrogens (tertiary/aromatic N) is 1. The summed E-state index contributed by atoms with van der Waals surface area (Å²) in [6.45, 7) is 1.55. The van der Waals surface area contributed by atoms with E-state index < -0.39 is 0 Å². The standard InChI is InChI=1S/C15H16N2S2/c16-19-15(18)17(11-13-7-3-1-4-8-13)12-14-9-5-2-6-10-14/h1-10H,11-12,16H2. The van der Waals surface area contributed by atoms with Crippen LogP contribution >= 0.6 is 24.2 Å². The molecule has 0 saturated carbocycles. The van der Waals surface area contributed by atoms with E-state index in [1.54, 1.807) is 0 Å². The molecule has 2 nitrogen and oxygen atoms in total. The Hall–Kier alpha value is -1.36. The van der Waals surface area contributed by atoms with Crippen molar-refractivity contribution >= 4 is 28.5 Å². The number of nitrogens with two attached hydrogens (primary N) is 1. The van der Waals surface area contributed by atoms with Crippen LogP contribution in [0.3, 0.4) is 0 Å². The molecule has 0 unspecified atom stereocenters. The van der Waals surface area contributed by atoms with Gasteiger partial charge in [0.15, 0.2) is 4.32 Å². The number of thiocarbonyl (C=S) groups is 1. The molecule has 0 bridgehead atoms. The summed E-state index contributed by atoms with van der Waals surface area (Å²) in [6.07, 6.45) is 0. The lowest BCUT2D eigenvalue weighted by Gasteiger charge is -2.24. The lowest BCUT2D eigenvalue weighted by molar-refractivity contribution is 0.421. The molecule has 0 aromatic heterocycles. The summed E-state index contributed by atoms with van der Waals surface area (Å²) in [5.74, 6) is 0. The molecule has 0 radical (unpaired) electrons. The monoisotopic (exact) mass is 288 g/mol. The Morgan fingerprint density at radius 1 is 0.895 bits per heavy atom. The predicted octanol–water partition coefficient (Wildman–Crippen LogP) is 3.58. The molecule has 2 aromatic rings. The van der Waals surface area contributed by atoms with Crippen LogP contribution in [0.15, 0.2) is 60.7 Å². The molecule has 0 saturated heterocycles. The topological polar surface area (TPSA) is 29.3 Å². The summed E-state index contributed by atoms with van der Waals surface area (Å²) in [6, 6.07) is 20.6. The van der Waals surface area contributed by atoms with Gasteiger partial charge in [0.05, 0.1) is 0 Å². The number of benzene rings is 2. The summed E-state index contributed by atoms with van der Waals surface area (Å²) in [5, 5.41) is 5.61. The zero-order chi connectivity index (χ0) is 13.5. The van der Waals surface area contributed by atoms with Gasteiger partial charge in [0, 0.05) is 13.1 Å². The molecule has 0 atom stereocenters. The van der Waals surface area contributed by atoms with Crippen LogP contribution in [0, 0.1) is 0 Å². The van der Waals surface area contributed by atoms with Gasteiger partial charge >= 0.3 is 0 Å². The Labute approximate surface area is 123 Å². The summed E-state index contributed by atoms with van der Waals surface area (Å²) in [7, 11) is 0. The molecule has 2 aromatic carbocycles. The Morgan fingerprint density at radius 3 is 1.68 bits per heavy atom. The van der Waals surface area contributed by atoms with Gasteiger partial charge in [0.2, 0.25) is 0 Å². The SMILES string of the molecule is NSC(=S)N(Cc1ccccc1)Cc1ccccc1. The van der Waals surface area contributed by atoms with Crippen molar-refractivity contribution in [2.75, 3.05) is 0 Å². The lowest BCUT2D eigenvalue weighted by atomic mass is 10.2. The van der Waals surface area contributed by atoms with Gasteiger partial charge in [0.25, 0.3) is 0 Å². The predicted molar refractivity (Wildman–Crippen MR) is 86.5 cm³/mol. The van der Waals surface area contributed by atoms with Gasteiger partial charge in [0.1, 0.15) is 0 Å². The quantitative estimate of drug-likeness (QED) is 0.688. The summed E-state index contributed by atoms with van der Waals surface area (Å²) < 4.78 is 0.715. The first-order valence-electron chi connectivity index (χ1n) is 6.03. The number of rotatable bonds is 4.